The van der Waals surface area contributed by atoms with Crippen molar-refractivity contribution in [2.75, 3.05) is 7.11 Å². The van der Waals surface area contributed by atoms with Crippen molar-refractivity contribution in [2.24, 2.45) is 0 Å². The molecule has 2 heterocycles. The number of thioether (sulfide) groups is 1. The number of methoxy groups -OCH3 is 1. The van der Waals surface area contributed by atoms with Crippen LogP contribution in [0.2, 0.25) is 0 Å². The first kappa shape index (κ1) is 14.3. The summed E-state index contributed by atoms with van der Waals surface area (Å²) >= 11 is 1.55. The molecule has 1 saturated carbocycles. The molecule has 2 aromatic heterocycles. The lowest BCUT2D eigenvalue weighted by atomic mass is 10.1. The molecule has 1 aliphatic rings. The summed E-state index contributed by atoms with van der Waals surface area (Å²) in [7, 11) is 1.65. The minimum absolute atomic E-state index is 0.587. The van der Waals surface area contributed by atoms with E-state index in [1.54, 1.807) is 18.9 Å². The Balaban J connectivity index is 1.40. The highest BCUT2D eigenvalue weighted by Crippen LogP contribution is 2.38. The van der Waals surface area contributed by atoms with Gasteiger partial charge >= 0.3 is 0 Å². The molecular formula is C16H16N4O2S. The normalized spacial score (nSPS) is 14.1. The fourth-order valence-corrected chi connectivity index (χ4v) is 2.96. The zero-order chi connectivity index (χ0) is 15.6. The quantitative estimate of drug-likeness (QED) is 0.696. The van der Waals surface area contributed by atoms with E-state index in [9.17, 15) is 0 Å². The first-order valence-corrected chi connectivity index (χ1v) is 8.45. The molecule has 1 N–H and O–H groups in total. The summed E-state index contributed by atoms with van der Waals surface area (Å²) < 4.78 is 10.6. The fourth-order valence-electron chi connectivity index (χ4n) is 2.28. The van der Waals surface area contributed by atoms with E-state index < -0.39 is 0 Å². The molecule has 3 aromatic rings. The largest absolute Gasteiger partial charge is 0.497 e. The van der Waals surface area contributed by atoms with Gasteiger partial charge in [0, 0.05) is 17.5 Å². The Bertz CT molecular complexity index is 793. The fraction of sp³-hybridized carbons (Fsp3) is 0.312. The van der Waals surface area contributed by atoms with E-state index in [4.69, 9.17) is 9.26 Å². The van der Waals surface area contributed by atoms with E-state index in [2.05, 4.69) is 20.3 Å². The Kier molecular flexibility index (Phi) is 3.78. The van der Waals surface area contributed by atoms with Gasteiger partial charge in [0.2, 0.25) is 5.16 Å². The van der Waals surface area contributed by atoms with Crippen LogP contribution in [-0.4, -0.2) is 27.4 Å². The van der Waals surface area contributed by atoms with Crippen LogP contribution in [-0.2, 0) is 5.75 Å². The molecule has 0 spiro atoms. The lowest BCUT2D eigenvalue weighted by Gasteiger charge is -1.99. The third-order valence-corrected chi connectivity index (χ3v) is 4.60. The lowest BCUT2D eigenvalue weighted by molar-refractivity contribution is 0.397. The number of nitrogens with one attached hydrogen (secondary N) is 1. The van der Waals surface area contributed by atoms with Crippen LogP contribution in [0, 0.1) is 0 Å². The van der Waals surface area contributed by atoms with Gasteiger partial charge in [0.15, 0.2) is 0 Å². The summed E-state index contributed by atoms with van der Waals surface area (Å²) in [5.74, 6) is 3.88. The van der Waals surface area contributed by atoms with Gasteiger partial charge < -0.3 is 9.26 Å². The number of H-pyrrole nitrogens is 1. The topological polar surface area (TPSA) is 76.8 Å². The highest BCUT2D eigenvalue weighted by Gasteiger charge is 2.27. The van der Waals surface area contributed by atoms with E-state index in [-0.39, 0.29) is 0 Å². The van der Waals surface area contributed by atoms with Gasteiger partial charge in [0.1, 0.15) is 23.0 Å². The minimum atomic E-state index is 0.587. The van der Waals surface area contributed by atoms with Gasteiger partial charge in [-0.05, 0) is 37.1 Å². The average Bonchev–Trinajstić information content (AvgIpc) is 3.15. The zero-order valence-corrected chi connectivity index (χ0v) is 13.5. The highest BCUT2D eigenvalue weighted by atomic mass is 32.2. The standard InChI is InChI=1S/C16H16N4O2S/c1-21-12-6-4-10(5-7-12)14-8-13(22-20-14)9-23-16-17-15(18-19-16)11-2-3-11/h4-8,11H,2-3,9H2,1H3,(H,17,18,19). The molecule has 0 aliphatic heterocycles. The van der Waals surface area contributed by atoms with E-state index in [1.807, 2.05) is 30.3 Å². The molecule has 6 nitrogen and oxygen atoms in total. The smallest absolute Gasteiger partial charge is 0.208 e. The number of benzene rings is 1. The molecule has 0 saturated heterocycles. The summed E-state index contributed by atoms with van der Waals surface area (Å²) in [5.41, 5.74) is 1.82. The molecule has 23 heavy (non-hydrogen) atoms. The van der Waals surface area contributed by atoms with E-state index in [1.165, 1.54) is 12.8 Å². The van der Waals surface area contributed by atoms with Crippen molar-refractivity contribution < 1.29 is 9.26 Å². The Morgan fingerprint density at radius 1 is 1.30 bits per heavy atom. The molecule has 0 bridgehead atoms. The summed E-state index contributed by atoms with van der Waals surface area (Å²) in [4.78, 5) is 4.49. The first-order valence-electron chi connectivity index (χ1n) is 7.47. The number of aromatic amines is 1. The number of hydrogen-bond acceptors (Lipinski definition) is 6. The monoisotopic (exact) mass is 328 g/mol. The van der Waals surface area contributed by atoms with Crippen molar-refractivity contribution in [3.63, 3.8) is 0 Å². The van der Waals surface area contributed by atoms with E-state index in [0.717, 1.165) is 33.7 Å². The van der Waals surface area contributed by atoms with E-state index >= 15 is 0 Å². The minimum Gasteiger partial charge on any atom is -0.497 e. The number of ether oxygens (including phenoxy) is 1. The second-order valence-electron chi connectivity index (χ2n) is 5.47. The van der Waals surface area contributed by atoms with Crippen molar-refractivity contribution in [2.45, 2.75) is 29.7 Å². The van der Waals surface area contributed by atoms with Gasteiger partial charge in [-0.25, -0.2) is 4.98 Å². The number of nitrogens with zero attached hydrogens (tertiary/aromatic N) is 3. The maximum absolute atomic E-state index is 5.40. The van der Waals surface area contributed by atoms with Gasteiger partial charge in [0.25, 0.3) is 0 Å². The molecule has 4 rings (SSSR count). The maximum Gasteiger partial charge on any atom is 0.208 e. The number of hydrogen-bond donors (Lipinski definition) is 1. The molecular weight excluding hydrogens is 312 g/mol. The van der Waals surface area contributed by atoms with Crippen molar-refractivity contribution in [3.8, 4) is 17.0 Å². The highest BCUT2D eigenvalue weighted by molar-refractivity contribution is 7.98. The summed E-state index contributed by atoms with van der Waals surface area (Å²) in [5, 5.41) is 12.1. The number of aromatic nitrogens is 4. The van der Waals surface area contributed by atoms with Gasteiger partial charge in [0.05, 0.1) is 12.9 Å². The Morgan fingerprint density at radius 2 is 2.13 bits per heavy atom. The van der Waals surface area contributed by atoms with Crippen LogP contribution in [0.5, 0.6) is 5.75 Å². The van der Waals surface area contributed by atoms with Crippen LogP contribution < -0.4 is 4.74 Å². The Morgan fingerprint density at radius 3 is 2.87 bits per heavy atom. The molecule has 0 amide bonds. The second kappa shape index (κ2) is 6.08. The Hall–Kier alpha value is -2.28. The van der Waals surface area contributed by atoms with Crippen LogP contribution in [0.4, 0.5) is 0 Å². The third-order valence-electron chi connectivity index (χ3n) is 3.73. The Labute approximate surface area is 137 Å². The molecule has 0 radical (unpaired) electrons. The van der Waals surface area contributed by atoms with Crippen LogP contribution in [0.25, 0.3) is 11.3 Å². The molecule has 0 atom stereocenters. The van der Waals surface area contributed by atoms with Crippen molar-refractivity contribution in [3.05, 3.63) is 41.9 Å². The SMILES string of the molecule is COc1ccc(-c2cc(CSc3n[nH]c(C4CC4)n3)on2)cc1. The zero-order valence-electron chi connectivity index (χ0n) is 12.7. The average molecular weight is 328 g/mol. The van der Waals surface area contributed by atoms with E-state index in [0.29, 0.717) is 11.7 Å². The summed E-state index contributed by atoms with van der Waals surface area (Å²) in [6, 6.07) is 9.69. The molecule has 7 heteroatoms. The predicted molar refractivity (Wildman–Crippen MR) is 86.4 cm³/mol. The van der Waals surface area contributed by atoms with Crippen molar-refractivity contribution in [1.82, 2.24) is 20.3 Å². The van der Waals surface area contributed by atoms with Crippen molar-refractivity contribution in [1.29, 1.82) is 0 Å². The van der Waals surface area contributed by atoms with Crippen LogP contribution in [0.3, 0.4) is 0 Å². The van der Waals surface area contributed by atoms with Gasteiger partial charge in [-0.1, -0.05) is 16.9 Å². The first-order chi connectivity index (χ1) is 11.3. The molecule has 1 aliphatic carbocycles. The van der Waals surface area contributed by atoms with Crippen LogP contribution in [0.1, 0.15) is 30.3 Å². The molecule has 1 fully saturated rings. The van der Waals surface area contributed by atoms with Gasteiger partial charge in [-0.2, -0.15) is 0 Å². The van der Waals surface area contributed by atoms with Crippen molar-refractivity contribution >= 4 is 11.8 Å². The molecule has 0 unspecified atom stereocenters. The maximum atomic E-state index is 5.40. The molecule has 118 valence electrons. The second-order valence-corrected chi connectivity index (χ2v) is 6.42. The number of rotatable bonds is 6. The van der Waals surface area contributed by atoms with Gasteiger partial charge in [-0.3, -0.25) is 5.10 Å². The third kappa shape index (κ3) is 3.24. The van der Waals surface area contributed by atoms with Crippen LogP contribution in [0.15, 0.2) is 40.0 Å². The van der Waals surface area contributed by atoms with Gasteiger partial charge in [-0.15, -0.1) is 5.10 Å². The predicted octanol–water partition coefficient (Wildman–Crippen LogP) is 3.64. The lowest BCUT2D eigenvalue weighted by Crippen LogP contribution is -1.82. The summed E-state index contributed by atoms with van der Waals surface area (Å²) in [6.07, 6.45) is 2.43. The molecule has 1 aromatic carbocycles. The summed E-state index contributed by atoms with van der Waals surface area (Å²) in [6.45, 7) is 0. The van der Waals surface area contributed by atoms with Crippen LogP contribution >= 0.6 is 11.8 Å².